The van der Waals surface area contributed by atoms with Crippen LogP contribution in [0.5, 0.6) is 0 Å². The molecule has 15 nitrogen and oxygen atoms in total. The van der Waals surface area contributed by atoms with Gasteiger partial charge in [0, 0.05) is 115 Å². The highest BCUT2D eigenvalue weighted by atomic mass is 16.3. The second-order valence-electron chi connectivity index (χ2n) is 18.9. The third-order valence-corrected chi connectivity index (χ3v) is 8.90. The fourth-order valence-electron chi connectivity index (χ4n) is 5.30. The maximum Gasteiger partial charge on any atom is 0.0894 e. The van der Waals surface area contributed by atoms with Gasteiger partial charge in [-0.05, 0) is 60.4 Å². The van der Waals surface area contributed by atoms with Crippen molar-refractivity contribution in [1.29, 1.82) is 0 Å². The van der Waals surface area contributed by atoms with Crippen molar-refractivity contribution in [3.05, 3.63) is 0 Å². The Bertz CT molecular complexity index is 854. The monoisotopic (exact) mass is 899 g/mol. The number of nitrogens with zero attached hydrogens (tertiary/aromatic N) is 3. The van der Waals surface area contributed by atoms with Crippen LogP contribution >= 0.6 is 0 Å². The molecule has 0 bridgehead atoms. The van der Waals surface area contributed by atoms with Crippen LogP contribution in [0.25, 0.3) is 0 Å². The Kier molecular flexibility index (Phi) is 53.3. The maximum atomic E-state index is 9.67. The molecule has 2 atom stereocenters. The molecule has 2 unspecified atom stereocenters. The van der Waals surface area contributed by atoms with Gasteiger partial charge in [-0.25, -0.2) is 0 Å². The van der Waals surface area contributed by atoms with Crippen LogP contribution in [0.3, 0.4) is 0 Å². The first-order chi connectivity index (χ1) is 28.7. The summed E-state index contributed by atoms with van der Waals surface area (Å²) in [4.78, 5) is 6.91. The van der Waals surface area contributed by atoms with Crippen LogP contribution in [0.1, 0.15) is 132 Å². The molecule has 382 valence electrons. The van der Waals surface area contributed by atoms with Crippen molar-refractivity contribution in [1.82, 2.24) is 51.9 Å². The van der Waals surface area contributed by atoms with Gasteiger partial charge in [-0.15, -0.1) is 0 Å². The summed E-state index contributed by atoms with van der Waals surface area (Å²) >= 11 is 0. The number of likely N-dealkylation sites (N-methyl/N-ethyl adjacent to an activating group) is 3. The third kappa shape index (κ3) is 68.5. The minimum absolute atomic E-state index is 0.176. The molecule has 0 radical (unpaired) electrons. The number of aliphatic hydroxyl groups is 5. The first kappa shape index (κ1) is 70.4. The Labute approximate surface area is 386 Å². The van der Waals surface area contributed by atoms with Gasteiger partial charge in [0.1, 0.15) is 0 Å². The van der Waals surface area contributed by atoms with Crippen LogP contribution in [0, 0.1) is 0 Å². The van der Waals surface area contributed by atoms with Crippen molar-refractivity contribution in [2.45, 2.75) is 185 Å². The Hall–Kier alpha value is -0.600. The summed E-state index contributed by atoms with van der Waals surface area (Å²) < 4.78 is 0. The first-order valence-corrected chi connectivity index (χ1v) is 24.4. The van der Waals surface area contributed by atoms with Gasteiger partial charge in [0.15, 0.2) is 0 Å². The molecule has 0 spiro atoms. The average molecular weight is 899 g/mol. The molecule has 0 amide bonds. The standard InChI is InChI=1S/C11H26N2O.C10H24N2O.C9H22N2O.C9H22N2.C8H20N2O2/c1-6-13(9-11(4,5)14)8-7-12-10(2)3;1-5-12(6-2)8-10(13)7-11-9(3)4;1-8(2)11-6-5-10-7-9(3,4)12;1-5-11(6-2)8-7-10-9(3)4;1-7(2)10-4-3-9-5-8(12)6-11/h10,12,14H,6-9H2,1-5H3;9-11,13H,5-8H2,1-4H3;8,10-12H,5-7H2,1-4H3;9-10H,5-8H2,1-4H3;7-12H,3-6H2,1-2H3. The summed E-state index contributed by atoms with van der Waals surface area (Å²) in [5.41, 5.74) is -1.19. The minimum atomic E-state index is -0.635. The van der Waals surface area contributed by atoms with E-state index in [0.29, 0.717) is 49.8 Å². The van der Waals surface area contributed by atoms with Gasteiger partial charge in [-0.3, -0.25) is 4.90 Å². The maximum absolute atomic E-state index is 9.67. The highest BCUT2D eigenvalue weighted by molar-refractivity contribution is 4.72. The summed E-state index contributed by atoms with van der Waals surface area (Å²) in [5, 5.41) is 68.7. The van der Waals surface area contributed by atoms with Crippen molar-refractivity contribution in [3.8, 4) is 0 Å². The Morgan fingerprint density at radius 2 is 0.806 bits per heavy atom. The predicted octanol–water partition coefficient (Wildman–Crippen LogP) is 2.36. The van der Waals surface area contributed by atoms with Gasteiger partial charge in [-0.1, -0.05) is 104 Å². The molecule has 0 rings (SSSR count). The quantitative estimate of drug-likeness (QED) is 0.0430. The number of hydrogen-bond donors (Lipinski definition) is 12. The Morgan fingerprint density at radius 1 is 0.435 bits per heavy atom. The molecular weight excluding hydrogens is 785 g/mol. The smallest absolute Gasteiger partial charge is 0.0894 e. The predicted molar refractivity (Wildman–Crippen MR) is 271 cm³/mol. The Morgan fingerprint density at radius 3 is 1.15 bits per heavy atom. The lowest BCUT2D eigenvalue weighted by molar-refractivity contribution is 0.0381. The summed E-state index contributed by atoms with van der Waals surface area (Å²) in [7, 11) is 0. The van der Waals surface area contributed by atoms with Gasteiger partial charge in [-0.2, -0.15) is 0 Å². The molecule has 0 aliphatic rings. The normalized spacial score (nSPS) is 13.0. The zero-order valence-electron chi connectivity index (χ0n) is 44.6. The van der Waals surface area contributed by atoms with Crippen LogP contribution in [0.2, 0.25) is 0 Å². The van der Waals surface area contributed by atoms with Gasteiger partial charge in [0.25, 0.3) is 0 Å². The highest BCUT2D eigenvalue weighted by Gasteiger charge is 2.16. The van der Waals surface area contributed by atoms with Crippen LogP contribution in [-0.4, -0.2) is 218 Å². The molecule has 12 N–H and O–H groups in total. The van der Waals surface area contributed by atoms with Crippen molar-refractivity contribution < 1.29 is 25.5 Å². The van der Waals surface area contributed by atoms with Gasteiger partial charge >= 0.3 is 0 Å². The molecule has 0 fully saturated rings. The van der Waals surface area contributed by atoms with E-state index in [2.05, 4.69) is 156 Å². The minimum Gasteiger partial charge on any atom is -0.394 e. The van der Waals surface area contributed by atoms with E-state index < -0.39 is 17.3 Å². The summed E-state index contributed by atoms with van der Waals surface area (Å²) in [6.07, 6.45) is -0.883. The van der Waals surface area contributed by atoms with E-state index in [4.69, 9.17) is 10.2 Å². The third-order valence-electron chi connectivity index (χ3n) is 8.90. The van der Waals surface area contributed by atoms with E-state index in [1.807, 2.05) is 13.8 Å². The fraction of sp³-hybridized carbons (Fsp3) is 1.00. The van der Waals surface area contributed by atoms with Gasteiger partial charge < -0.3 is 72.5 Å². The Balaban J connectivity index is -0.000000219. The molecular formula is C47H114N10O5. The largest absolute Gasteiger partial charge is 0.394 e. The first-order valence-electron chi connectivity index (χ1n) is 24.4. The summed E-state index contributed by atoms with van der Waals surface area (Å²) in [5.74, 6) is 0. The van der Waals surface area contributed by atoms with Gasteiger partial charge in [0.05, 0.1) is 30.0 Å². The van der Waals surface area contributed by atoms with E-state index >= 15 is 0 Å². The molecule has 0 heterocycles. The van der Waals surface area contributed by atoms with E-state index in [1.54, 1.807) is 13.8 Å². The van der Waals surface area contributed by atoms with Crippen molar-refractivity contribution in [3.63, 3.8) is 0 Å². The molecule has 0 aromatic carbocycles. The lowest BCUT2D eigenvalue weighted by Crippen LogP contribution is -2.42. The number of rotatable bonds is 33. The van der Waals surface area contributed by atoms with Crippen molar-refractivity contribution in [2.24, 2.45) is 0 Å². The van der Waals surface area contributed by atoms with Gasteiger partial charge in [0.2, 0.25) is 0 Å². The van der Waals surface area contributed by atoms with E-state index in [0.717, 1.165) is 91.6 Å². The second kappa shape index (κ2) is 46.9. The van der Waals surface area contributed by atoms with E-state index in [-0.39, 0.29) is 12.7 Å². The molecule has 0 saturated carbocycles. The van der Waals surface area contributed by atoms with Crippen molar-refractivity contribution >= 4 is 0 Å². The number of aliphatic hydroxyl groups excluding tert-OH is 3. The van der Waals surface area contributed by atoms with Crippen LogP contribution < -0.4 is 37.2 Å². The van der Waals surface area contributed by atoms with Crippen LogP contribution in [0.15, 0.2) is 0 Å². The zero-order valence-corrected chi connectivity index (χ0v) is 44.6. The van der Waals surface area contributed by atoms with E-state index in [9.17, 15) is 15.3 Å². The lowest BCUT2D eigenvalue weighted by Gasteiger charge is -2.28. The second-order valence-corrected chi connectivity index (χ2v) is 18.9. The molecule has 0 aromatic heterocycles. The molecule has 0 saturated heterocycles. The zero-order chi connectivity index (χ0) is 49.2. The van der Waals surface area contributed by atoms with Crippen LogP contribution in [-0.2, 0) is 0 Å². The average Bonchev–Trinajstić information content (AvgIpc) is 3.16. The molecule has 15 heteroatoms. The molecule has 0 aliphatic carbocycles. The molecule has 0 aliphatic heterocycles. The fourth-order valence-corrected chi connectivity index (χ4v) is 5.30. The number of hydrogen-bond acceptors (Lipinski definition) is 15. The number of nitrogens with one attached hydrogen (secondary N) is 7. The lowest BCUT2D eigenvalue weighted by atomic mass is 10.1. The van der Waals surface area contributed by atoms with Crippen LogP contribution in [0.4, 0.5) is 0 Å². The molecule has 0 aromatic rings. The van der Waals surface area contributed by atoms with E-state index in [1.165, 1.54) is 6.54 Å². The summed E-state index contributed by atoms with van der Waals surface area (Å²) in [6.45, 7) is 55.6. The highest BCUT2D eigenvalue weighted by Crippen LogP contribution is 2.04. The topological polar surface area (TPSA) is 195 Å². The SMILES string of the molecule is CC(C)NCCNCC(C)(C)O.CC(C)NCCNCC(O)CO.CCN(CC)CC(O)CNC(C)C.CCN(CC)CCNC(C)C.CCN(CCNC(C)C)CC(C)(C)O. The summed E-state index contributed by atoms with van der Waals surface area (Å²) in [6, 6.07) is 2.64. The molecule has 62 heavy (non-hydrogen) atoms. The van der Waals surface area contributed by atoms with Crippen molar-refractivity contribution in [2.75, 3.05) is 124 Å².